The molecule has 0 bridgehead atoms. The van der Waals surface area contributed by atoms with Gasteiger partial charge in [-0.05, 0) is 54.0 Å². The van der Waals surface area contributed by atoms with Crippen LogP contribution < -0.4 is 4.72 Å². The largest absolute Gasteiger partial charge is 0.244 e. The van der Waals surface area contributed by atoms with Gasteiger partial charge >= 0.3 is 0 Å². The van der Waals surface area contributed by atoms with Crippen molar-refractivity contribution in [3.8, 4) is 0 Å². The van der Waals surface area contributed by atoms with Crippen molar-refractivity contribution >= 4 is 26.9 Å². The Morgan fingerprint density at radius 1 is 1.21 bits per heavy atom. The summed E-state index contributed by atoms with van der Waals surface area (Å²) in [5.74, 6) is 0. The van der Waals surface area contributed by atoms with Crippen LogP contribution in [0, 0.1) is 6.92 Å². The van der Waals surface area contributed by atoms with Gasteiger partial charge in [-0.3, -0.25) is 0 Å². The molecule has 3 nitrogen and oxygen atoms in total. The van der Waals surface area contributed by atoms with Gasteiger partial charge < -0.3 is 0 Å². The van der Waals surface area contributed by atoms with Crippen LogP contribution >= 0.6 is 15.9 Å². The molecule has 2 rings (SSSR count). The third kappa shape index (κ3) is 3.96. The SMILES string of the molecule is Cc1ccc(S(=O)N[C@@H](C)c2cccc(Br)n2)cc1. The van der Waals surface area contributed by atoms with Crippen LogP contribution in [0.15, 0.2) is 52.0 Å². The summed E-state index contributed by atoms with van der Waals surface area (Å²) in [5, 5.41) is 0. The molecular weight excluding hydrogens is 324 g/mol. The summed E-state index contributed by atoms with van der Waals surface area (Å²) in [6.45, 7) is 3.95. The molecule has 1 aromatic heterocycles. The molecule has 5 heteroatoms. The molecular formula is C14H15BrN2OS. The number of nitrogens with one attached hydrogen (secondary N) is 1. The maximum absolute atomic E-state index is 12.2. The van der Waals surface area contributed by atoms with Gasteiger partial charge in [-0.15, -0.1) is 0 Å². The Kier molecular flexibility index (Phi) is 4.85. The summed E-state index contributed by atoms with van der Waals surface area (Å²) in [6, 6.07) is 13.3. The summed E-state index contributed by atoms with van der Waals surface area (Å²) >= 11 is 3.33. The standard InChI is InChI=1S/C14H15BrN2OS/c1-10-6-8-12(9-7-10)19(18)17-11(2)13-4-3-5-14(15)16-13/h3-9,11,17H,1-2H3/t11-,19?/m0/s1. The third-order valence-corrected chi connectivity index (χ3v) is 4.41. The maximum Gasteiger partial charge on any atom is 0.125 e. The molecule has 0 saturated carbocycles. The van der Waals surface area contributed by atoms with Crippen molar-refractivity contribution in [1.29, 1.82) is 0 Å². The van der Waals surface area contributed by atoms with E-state index in [1.807, 2.05) is 56.3 Å². The van der Waals surface area contributed by atoms with Crippen LogP contribution in [-0.2, 0) is 11.0 Å². The minimum Gasteiger partial charge on any atom is -0.244 e. The fourth-order valence-electron chi connectivity index (χ4n) is 1.62. The minimum atomic E-state index is -1.23. The zero-order valence-electron chi connectivity index (χ0n) is 10.8. The van der Waals surface area contributed by atoms with E-state index in [9.17, 15) is 4.21 Å². The molecule has 0 radical (unpaired) electrons. The molecule has 0 saturated heterocycles. The van der Waals surface area contributed by atoms with E-state index in [2.05, 4.69) is 25.6 Å². The van der Waals surface area contributed by atoms with Crippen molar-refractivity contribution < 1.29 is 4.21 Å². The van der Waals surface area contributed by atoms with Crippen molar-refractivity contribution in [2.24, 2.45) is 0 Å². The molecule has 1 N–H and O–H groups in total. The van der Waals surface area contributed by atoms with Gasteiger partial charge in [-0.2, -0.15) is 0 Å². The summed E-state index contributed by atoms with van der Waals surface area (Å²) < 4.78 is 16.0. The average molecular weight is 339 g/mol. The minimum absolute atomic E-state index is 0.0837. The van der Waals surface area contributed by atoms with Gasteiger partial charge in [0, 0.05) is 0 Å². The van der Waals surface area contributed by atoms with Gasteiger partial charge in [-0.25, -0.2) is 13.9 Å². The van der Waals surface area contributed by atoms with Crippen molar-refractivity contribution in [1.82, 2.24) is 9.71 Å². The van der Waals surface area contributed by atoms with E-state index in [0.717, 1.165) is 20.8 Å². The second-order valence-electron chi connectivity index (χ2n) is 4.31. The zero-order chi connectivity index (χ0) is 13.8. The van der Waals surface area contributed by atoms with Crippen molar-refractivity contribution in [3.63, 3.8) is 0 Å². The number of benzene rings is 1. The first-order valence-corrected chi connectivity index (χ1v) is 7.87. The summed E-state index contributed by atoms with van der Waals surface area (Å²) in [4.78, 5) is 5.12. The van der Waals surface area contributed by atoms with E-state index in [4.69, 9.17) is 0 Å². The Morgan fingerprint density at radius 2 is 1.89 bits per heavy atom. The van der Waals surface area contributed by atoms with Crippen LogP contribution in [0.2, 0.25) is 0 Å². The van der Waals surface area contributed by atoms with E-state index in [1.165, 1.54) is 0 Å². The molecule has 0 fully saturated rings. The van der Waals surface area contributed by atoms with Crippen molar-refractivity contribution in [2.45, 2.75) is 24.8 Å². The van der Waals surface area contributed by atoms with Gasteiger partial charge in [0.15, 0.2) is 0 Å². The molecule has 0 amide bonds. The highest BCUT2D eigenvalue weighted by Gasteiger charge is 2.11. The fourth-order valence-corrected chi connectivity index (χ4v) is 2.93. The summed E-state index contributed by atoms with van der Waals surface area (Å²) in [6.07, 6.45) is 0. The van der Waals surface area contributed by atoms with Crippen LogP contribution in [0.25, 0.3) is 0 Å². The molecule has 1 unspecified atom stereocenters. The predicted octanol–water partition coefficient (Wildman–Crippen LogP) is 3.53. The fraction of sp³-hybridized carbons (Fsp3) is 0.214. The lowest BCUT2D eigenvalue weighted by atomic mass is 10.2. The van der Waals surface area contributed by atoms with Gasteiger partial charge in [0.25, 0.3) is 0 Å². The number of halogens is 1. The molecule has 2 atom stereocenters. The van der Waals surface area contributed by atoms with Crippen LogP contribution in [-0.4, -0.2) is 9.19 Å². The van der Waals surface area contributed by atoms with E-state index in [-0.39, 0.29) is 6.04 Å². The topological polar surface area (TPSA) is 42.0 Å². The molecule has 100 valence electrons. The van der Waals surface area contributed by atoms with Crippen LogP contribution in [0.5, 0.6) is 0 Å². The summed E-state index contributed by atoms with van der Waals surface area (Å²) in [5.41, 5.74) is 2.01. The number of hydrogen-bond donors (Lipinski definition) is 1. The lowest BCUT2D eigenvalue weighted by Crippen LogP contribution is -2.22. The number of pyridine rings is 1. The van der Waals surface area contributed by atoms with Gasteiger partial charge in [0.2, 0.25) is 0 Å². The second-order valence-corrected chi connectivity index (χ2v) is 6.36. The van der Waals surface area contributed by atoms with Crippen molar-refractivity contribution in [3.05, 3.63) is 58.3 Å². The van der Waals surface area contributed by atoms with Crippen LogP contribution in [0.1, 0.15) is 24.2 Å². The number of nitrogens with zero attached hydrogens (tertiary/aromatic N) is 1. The van der Waals surface area contributed by atoms with E-state index in [0.29, 0.717) is 0 Å². The highest BCUT2D eigenvalue weighted by atomic mass is 79.9. The number of aromatic nitrogens is 1. The lowest BCUT2D eigenvalue weighted by Gasteiger charge is -2.13. The third-order valence-electron chi connectivity index (χ3n) is 2.70. The Morgan fingerprint density at radius 3 is 2.53 bits per heavy atom. The highest BCUT2D eigenvalue weighted by Crippen LogP contribution is 2.15. The molecule has 2 aromatic rings. The van der Waals surface area contributed by atoms with E-state index >= 15 is 0 Å². The first-order valence-electron chi connectivity index (χ1n) is 5.93. The average Bonchev–Trinajstić information content (AvgIpc) is 2.39. The second kappa shape index (κ2) is 6.41. The number of rotatable bonds is 4. The Bertz CT molecular complexity index is 586. The quantitative estimate of drug-likeness (QED) is 0.866. The molecule has 0 aliphatic carbocycles. The molecule has 19 heavy (non-hydrogen) atoms. The molecule has 1 heterocycles. The highest BCUT2D eigenvalue weighted by molar-refractivity contribution is 9.10. The Labute approximate surface area is 124 Å². The van der Waals surface area contributed by atoms with Gasteiger partial charge in [0.05, 0.1) is 16.6 Å². The molecule has 1 aromatic carbocycles. The first kappa shape index (κ1) is 14.4. The van der Waals surface area contributed by atoms with E-state index < -0.39 is 11.0 Å². The zero-order valence-corrected chi connectivity index (χ0v) is 13.2. The molecule has 0 spiro atoms. The van der Waals surface area contributed by atoms with Gasteiger partial charge in [-0.1, -0.05) is 23.8 Å². The summed E-state index contributed by atoms with van der Waals surface area (Å²) in [7, 11) is -1.23. The monoisotopic (exact) mass is 338 g/mol. The maximum atomic E-state index is 12.2. The Balaban J connectivity index is 2.08. The predicted molar refractivity (Wildman–Crippen MR) is 81.1 cm³/mol. The molecule has 0 aliphatic heterocycles. The normalized spacial score (nSPS) is 14.1. The van der Waals surface area contributed by atoms with Crippen molar-refractivity contribution in [2.75, 3.05) is 0 Å². The van der Waals surface area contributed by atoms with Crippen LogP contribution in [0.3, 0.4) is 0 Å². The first-order chi connectivity index (χ1) is 9.06. The number of hydrogen-bond acceptors (Lipinski definition) is 2. The smallest absolute Gasteiger partial charge is 0.125 e. The van der Waals surface area contributed by atoms with E-state index in [1.54, 1.807) is 0 Å². The molecule has 0 aliphatic rings. The Hall–Kier alpha value is -1.04. The lowest BCUT2D eigenvalue weighted by molar-refractivity contribution is 0.644. The number of aryl methyl sites for hydroxylation is 1. The van der Waals surface area contributed by atoms with Crippen LogP contribution in [0.4, 0.5) is 0 Å². The van der Waals surface area contributed by atoms with Gasteiger partial charge in [0.1, 0.15) is 15.6 Å².